The van der Waals surface area contributed by atoms with Crippen molar-refractivity contribution in [2.24, 2.45) is 5.92 Å². The first-order chi connectivity index (χ1) is 10.3. The average Bonchev–Trinajstić information content (AvgIpc) is 2.46. The van der Waals surface area contributed by atoms with Crippen molar-refractivity contribution in [3.63, 3.8) is 0 Å². The molecule has 1 aliphatic heterocycles. The van der Waals surface area contributed by atoms with Crippen molar-refractivity contribution in [1.82, 2.24) is 0 Å². The van der Waals surface area contributed by atoms with Gasteiger partial charge in [-0.15, -0.1) is 0 Å². The van der Waals surface area contributed by atoms with Crippen LogP contribution in [-0.2, 0) is 9.53 Å². The van der Waals surface area contributed by atoms with Crippen LogP contribution >= 0.6 is 0 Å². The maximum absolute atomic E-state index is 12.0. The molecule has 0 unspecified atom stereocenters. The van der Waals surface area contributed by atoms with Crippen molar-refractivity contribution < 1.29 is 19.4 Å². The van der Waals surface area contributed by atoms with Crippen LogP contribution in [0.15, 0.2) is 24.3 Å². The van der Waals surface area contributed by atoms with E-state index in [-0.39, 0.29) is 11.9 Å². The number of carboxylic acid groups (broad SMARTS) is 1. The molecule has 2 rings (SSSR count). The summed E-state index contributed by atoms with van der Waals surface area (Å²) < 4.78 is 5.33. The number of esters is 1. The summed E-state index contributed by atoms with van der Waals surface area (Å²) in [6, 6.07) is 7.29. The molecule has 1 fully saturated rings. The Bertz CT molecular complexity index is 537. The SMILES string of the molecule is CC(C)(C)OC(=O)c1ccc(N2CCC(C(=O)O)CC2)cc1. The predicted molar refractivity (Wildman–Crippen MR) is 84.2 cm³/mol. The van der Waals surface area contributed by atoms with Crippen molar-refractivity contribution in [3.8, 4) is 0 Å². The lowest BCUT2D eigenvalue weighted by atomic mass is 9.96. The minimum absolute atomic E-state index is 0.239. The Hall–Kier alpha value is -2.04. The fourth-order valence-corrected chi connectivity index (χ4v) is 2.53. The van der Waals surface area contributed by atoms with Crippen molar-refractivity contribution in [1.29, 1.82) is 0 Å². The molecule has 1 N–H and O–H groups in total. The maximum Gasteiger partial charge on any atom is 0.338 e. The normalized spacial score (nSPS) is 16.4. The fraction of sp³-hybridized carbons (Fsp3) is 0.529. The molecule has 1 aromatic carbocycles. The van der Waals surface area contributed by atoms with E-state index in [0.717, 1.165) is 18.8 Å². The highest BCUT2D eigenvalue weighted by Crippen LogP contribution is 2.24. The summed E-state index contributed by atoms with van der Waals surface area (Å²) >= 11 is 0. The van der Waals surface area contributed by atoms with E-state index in [2.05, 4.69) is 4.90 Å². The summed E-state index contributed by atoms with van der Waals surface area (Å²) in [4.78, 5) is 25.1. The molecule has 1 aromatic rings. The second-order valence-corrected chi connectivity index (χ2v) is 6.65. The zero-order valence-corrected chi connectivity index (χ0v) is 13.3. The van der Waals surface area contributed by atoms with Gasteiger partial charge in [0.15, 0.2) is 0 Å². The van der Waals surface area contributed by atoms with Crippen LogP contribution in [0.1, 0.15) is 44.0 Å². The van der Waals surface area contributed by atoms with E-state index in [1.807, 2.05) is 32.9 Å². The summed E-state index contributed by atoms with van der Waals surface area (Å²) in [6.45, 7) is 6.97. The van der Waals surface area contributed by atoms with Gasteiger partial charge in [0.05, 0.1) is 11.5 Å². The zero-order chi connectivity index (χ0) is 16.3. The van der Waals surface area contributed by atoms with E-state index < -0.39 is 11.6 Å². The molecule has 120 valence electrons. The zero-order valence-electron chi connectivity index (χ0n) is 13.3. The Labute approximate surface area is 130 Å². The van der Waals surface area contributed by atoms with Crippen molar-refractivity contribution in [3.05, 3.63) is 29.8 Å². The number of benzene rings is 1. The maximum atomic E-state index is 12.0. The highest BCUT2D eigenvalue weighted by Gasteiger charge is 2.24. The first-order valence-electron chi connectivity index (χ1n) is 7.57. The number of anilines is 1. The number of carbonyl (C=O) groups is 2. The van der Waals surface area contributed by atoms with Crippen LogP contribution < -0.4 is 4.90 Å². The monoisotopic (exact) mass is 305 g/mol. The van der Waals surface area contributed by atoms with Crippen molar-refractivity contribution >= 4 is 17.6 Å². The predicted octanol–water partition coefficient (Wildman–Crippen LogP) is 2.94. The molecule has 0 saturated carbocycles. The summed E-state index contributed by atoms with van der Waals surface area (Å²) in [5.74, 6) is -1.28. The summed E-state index contributed by atoms with van der Waals surface area (Å²) in [6.07, 6.45) is 1.31. The van der Waals surface area contributed by atoms with E-state index in [1.165, 1.54) is 0 Å². The minimum atomic E-state index is -0.708. The van der Waals surface area contributed by atoms with Gasteiger partial charge >= 0.3 is 11.9 Å². The standard InChI is InChI=1S/C17H23NO4/c1-17(2,3)22-16(21)13-4-6-14(7-5-13)18-10-8-12(9-11-18)15(19)20/h4-7,12H,8-11H2,1-3H3,(H,19,20). The summed E-state index contributed by atoms with van der Waals surface area (Å²) in [5.41, 5.74) is 1.03. The first kappa shape index (κ1) is 16.3. The average molecular weight is 305 g/mol. The lowest BCUT2D eigenvalue weighted by molar-refractivity contribution is -0.142. The molecule has 22 heavy (non-hydrogen) atoms. The third-order valence-electron chi connectivity index (χ3n) is 3.71. The van der Waals surface area contributed by atoms with Gasteiger partial charge in [0, 0.05) is 18.8 Å². The van der Waals surface area contributed by atoms with Gasteiger partial charge in [0.2, 0.25) is 0 Å². The molecule has 0 spiro atoms. The molecule has 0 bridgehead atoms. The molecule has 0 aromatic heterocycles. The molecular weight excluding hydrogens is 282 g/mol. The molecule has 5 nitrogen and oxygen atoms in total. The van der Waals surface area contributed by atoms with Crippen LogP contribution in [0.3, 0.4) is 0 Å². The number of hydrogen-bond donors (Lipinski definition) is 1. The molecule has 1 saturated heterocycles. The number of carboxylic acids is 1. The topological polar surface area (TPSA) is 66.8 Å². The molecule has 0 radical (unpaired) electrons. The number of hydrogen-bond acceptors (Lipinski definition) is 4. The van der Waals surface area contributed by atoms with Crippen LogP contribution in [0.2, 0.25) is 0 Å². The molecule has 0 aliphatic carbocycles. The van der Waals surface area contributed by atoms with Gasteiger partial charge in [-0.2, -0.15) is 0 Å². The number of ether oxygens (including phenoxy) is 1. The van der Waals surface area contributed by atoms with E-state index in [0.29, 0.717) is 18.4 Å². The molecule has 0 amide bonds. The summed E-state index contributed by atoms with van der Waals surface area (Å²) in [7, 11) is 0. The highest BCUT2D eigenvalue weighted by atomic mass is 16.6. The van der Waals surface area contributed by atoms with Crippen molar-refractivity contribution in [2.45, 2.75) is 39.2 Å². The van der Waals surface area contributed by atoms with E-state index in [1.54, 1.807) is 12.1 Å². The number of rotatable bonds is 3. The van der Waals surface area contributed by atoms with Crippen LogP contribution in [0.25, 0.3) is 0 Å². The molecule has 5 heteroatoms. The van der Waals surface area contributed by atoms with Crippen LogP contribution in [0.4, 0.5) is 5.69 Å². The van der Waals surface area contributed by atoms with Crippen LogP contribution in [0.5, 0.6) is 0 Å². The van der Waals surface area contributed by atoms with Gasteiger partial charge in [0.1, 0.15) is 5.60 Å². The minimum Gasteiger partial charge on any atom is -0.481 e. The van der Waals surface area contributed by atoms with Gasteiger partial charge in [-0.25, -0.2) is 4.79 Å². The quantitative estimate of drug-likeness (QED) is 0.870. The number of piperidine rings is 1. The molecular formula is C17H23NO4. The Morgan fingerprint density at radius 2 is 1.68 bits per heavy atom. The first-order valence-corrected chi connectivity index (χ1v) is 7.57. The van der Waals surface area contributed by atoms with Crippen LogP contribution in [-0.4, -0.2) is 35.7 Å². The van der Waals surface area contributed by atoms with Gasteiger partial charge < -0.3 is 14.7 Å². The Morgan fingerprint density at radius 1 is 1.14 bits per heavy atom. The van der Waals surface area contributed by atoms with Gasteiger partial charge in [0.25, 0.3) is 0 Å². The van der Waals surface area contributed by atoms with E-state index in [4.69, 9.17) is 9.84 Å². The molecule has 1 heterocycles. The smallest absolute Gasteiger partial charge is 0.338 e. The second-order valence-electron chi connectivity index (χ2n) is 6.65. The Morgan fingerprint density at radius 3 is 2.14 bits per heavy atom. The number of aliphatic carboxylic acids is 1. The second kappa shape index (κ2) is 6.38. The lowest BCUT2D eigenvalue weighted by Gasteiger charge is -2.32. The molecule has 0 atom stereocenters. The third-order valence-corrected chi connectivity index (χ3v) is 3.71. The number of nitrogens with zero attached hydrogens (tertiary/aromatic N) is 1. The van der Waals surface area contributed by atoms with Crippen LogP contribution in [0, 0.1) is 5.92 Å². The Kier molecular flexibility index (Phi) is 4.74. The van der Waals surface area contributed by atoms with Crippen molar-refractivity contribution in [2.75, 3.05) is 18.0 Å². The fourth-order valence-electron chi connectivity index (χ4n) is 2.53. The van der Waals surface area contributed by atoms with E-state index in [9.17, 15) is 9.59 Å². The lowest BCUT2D eigenvalue weighted by Crippen LogP contribution is -2.36. The largest absolute Gasteiger partial charge is 0.481 e. The van der Waals surface area contributed by atoms with Gasteiger partial charge in [-0.3, -0.25) is 4.79 Å². The molecule has 1 aliphatic rings. The highest BCUT2D eigenvalue weighted by molar-refractivity contribution is 5.90. The third kappa shape index (κ3) is 4.23. The number of carbonyl (C=O) groups excluding carboxylic acids is 1. The van der Waals surface area contributed by atoms with Gasteiger partial charge in [-0.05, 0) is 57.9 Å². The van der Waals surface area contributed by atoms with Gasteiger partial charge in [-0.1, -0.05) is 0 Å². The van der Waals surface area contributed by atoms with E-state index >= 15 is 0 Å². The summed E-state index contributed by atoms with van der Waals surface area (Å²) in [5, 5.41) is 9.02. The Balaban J connectivity index is 1.98.